The van der Waals surface area contributed by atoms with E-state index >= 15 is 0 Å². The lowest BCUT2D eigenvalue weighted by molar-refractivity contribution is -0.138. The van der Waals surface area contributed by atoms with E-state index in [0.29, 0.717) is 37.1 Å². The maximum atomic E-state index is 13.3. The maximum Gasteiger partial charge on any atom is 0.416 e. The summed E-state index contributed by atoms with van der Waals surface area (Å²) in [6, 6.07) is 12.3. The van der Waals surface area contributed by atoms with Crippen LogP contribution in [0.25, 0.3) is 0 Å². The first-order chi connectivity index (χ1) is 13.6. The third kappa shape index (κ3) is 5.29. The molecule has 0 bridgehead atoms. The van der Waals surface area contributed by atoms with Gasteiger partial charge < -0.3 is 0 Å². The molecule has 0 aromatic heterocycles. The Hall–Kier alpha value is -2.10. The molecule has 29 heavy (non-hydrogen) atoms. The van der Waals surface area contributed by atoms with Gasteiger partial charge in [-0.1, -0.05) is 36.4 Å². The minimum Gasteiger partial charge on any atom is -0.296 e. The van der Waals surface area contributed by atoms with E-state index in [9.17, 15) is 21.6 Å². The lowest BCUT2D eigenvalue weighted by Gasteiger charge is -2.37. The van der Waals surface area contributed by atoms with E-state index < -0.39 is 22.0 Å². The summed E-state index contributed by atoms with van der Waals surface area (Å²) in [5.74, 6) is -0.178. The highest BCUT2D eigenvalue weighted by atomic mass is 32.2. The summed E-state index contributed by atoms with van der Waals surface area (Å²) in [5.41, 5.74) is 0.737. The maximum absolute atomic E-state index is 13.3. The highest BCUT2D eigenvalue weighted by Gasteiger charge is 2.36. The predicted octanol–water partition coefficient (Wildman–Crippen LogP) is 4.86. The third-order valence-electron chi connectivity index (χ3n) is 5.43. The molecular weight excluding hydrogens is 405 g/mol. The molecule has 2 N–H and O–H groups in total. The van der Waals surface area contributed by atoms with E-state index in [-0.39, 0.29) is 17.6 Å². The second kappa shape index (κ2) is 8.33. The Morgan fingerprint density at radius 2 is 1.66 bits per heavy atom. The van der Waals surface area contributed by atoms with Gasteiger partial charge in [-0.05, 0) is 62.0 Å². The van der Waals surface area contributed by atoms with Gasteiger partial charge in [0.25, 0.3) is 0 Å². The lowest BCUT2D eigenvalue weighted by atomic mass is 9.85. The first-order valence-electron chi connectivity index (χ1n) is 9.30. The van der Waals surface area contributed by atoms with Gasteiger partial charge in [-0.15, -0.1) is 0 Å². The van der Waals surface area contributed by atoms with Crippen LogP contribution in [0.5, 0.6) is 0 Å². The Kier molecular flexibility index (Phi) is 6.21. The normalized spacial score (nSPS) is 17.8. The standard InChI is InChI=1S/C20H23F3N2O3S/c1-14(16-6-3-5-9-19(16)24-29(26,27)28)25-12-10-15(11-13-25)17-7-2-4-8-18(17)20(21,22)23/h2-9,14-15,24H,10-13H2,1H3,(H,26,27,28). The Bertz CT molecular complexity index is 955. The first-order valence-corrected chi connectivity index (χ1v) is 10.7. The number of benzene rings is 2. The number of rotatable bonds is 5. The molecule has 1 unspecified atom stereocenters. The van der Waals surface area contributed by atoms with Gasteiger partial charge in [-0.3, -0.25) is 14.2 Å². The van der Waals surface area contributed by atoms with Crippen LogP contribution in [-0.4, -0.2) is 31.0 Å². The van der Waals surface area contributed by atoms with E-state index in [1.807, 2.05) is 6.92 Å². The van der Waals surface area contributed by atoms with Crippen molar-refractivity contribution in [3.63, 3.8) is 0 Å². The fraction of sp³-hybridized carbons (Fsp3) is 0.400. The van der Waals surface area contributed by atoms with Crippen molar-refractivity contribution in [1.29, 1.82) is 0 Å². The van der Waals surface area contributed by atoms with Crippen LogP contribution in [0.1, 0.15) is 48.4 Å². The molecule has 1 atom stereocenters. The summed E-state index contributed by atoms with van der Waals surface area (Å²) < 4.78 is 73.6. The van der Waals surface area contributed by atoms with E-state index in [0.717, 1.165) is 6.07 Å². The molecular formula is C20H23F3N2O3S. The van der Waals surface area contributed by atoms with Crippen LogP contribution in [0.4, 0.5) is 18.9 Å². The van der Waals surface area contributed by atoms with Crippen molar-refractivity contribution in [2.24, 2.45) is 0 Å². The van der Waals surface area contributed by atoms with Gasteiger partial charge >= 0.3 is 16.5 Å². The van der Waals surface area contributed by atoms with Crippen LogP contribution in [0.3, 0.4) is 0 Å². The van der Waals surface area contributed by atoms with E-state index in [1.54, 1.807) is 36.4 Å². The minimum absolute atomic E-state index is 0.167. The molecule has 158 valence electrons. The van der Waals surface area contributed by atoms with Crippen molar-refractivity contribution in [3.8, 4) is 0 Å². The molecule has 0 amide bonds. The highest BCUT2D eigenvalue weighted by molar-refractivity contribution is 7.87. The highest BCUT2D eigenvalue weighted by Crippen LogP contribution is 2.40. The summed E-state index contributed by atoms with van der Waals surface area (Å²) in [4.78, 5) is 2.11. The fourth-order valence-corrected chi connectivity index (χ4v) is 4.46. The molecule has 1 heterocycles. The predicted molar refractivity (Wildman–Crippen MR) is 105 cm³/mol. The summed E-state index contributed by atoms with van der Waals surface area (Å²) in [6.07, 6.45) is -3.22. The van der Waals surface area contributed by atoms with Crippen LogP contribution in [0.2, 0.25) is 0 Å². The van der Waals surface area contributed by atoms with E-state index in [1.165, 1.54) is 6.07 Å². The van der Waals surface area contributed by atoms with Crippen molar-refractivity contribution >= 4 is 16.0 Å². The molecule has 1 aliphatic rings. The number of anilines is 1. The number of hydrogen-bond donors (Lipinski definition) is 2. The first kappa shape index (κ1) is 21.6. The molecule has 0 saturated carbocycles. The van der Waals surface area contributed by atoms with Gasteiger partial charge in [0, 0.05) is 6.04 Å². The van der Waals surface area contributed by atoms with Crippen molar-refractivity contribution in [2.75, 3.05) is 17.8 Å². The van der Waals surface area contributed by atoms with Crippen LogP contribution in [0.15, 0.2) is 48.5 Å². The number of hydrogen-bond acceptors (Lipinski definition) is 3. The molecule has 0 spiro atoms. The summed E-state index contributed by atoms with van der Waals surface area (Å²) >= 11 is 0. The smallest absolute Gasteiger partial charge is 0.296 e. The van der Waals surface area contributed by atoms with Crippen molar-refractivity contribution < 1.29 is 26.1 Å². The number of likely N-dealkylation sites (tertiary alicyclic amines) is 1. The number of nitrogens with one attached hydrogen (secondary N) is 1. The Morgan fingerprint density at radius 1 is 1.07 bits per heavy atom. The van der Waals surface area contributed by atoms with Gasteiger partial charge in [0.15, 0.2) is 0 Å². The zero-order chi connectivity index (χ0) is 21.2. The van der Waals surface area contributed by atoms with Gasteiger partial charge in [-0.25, -0.2) is 0 Å². The molecule has 2 aromatic carbocycles. The quantitative estimate of drug-likeness (QED) is 0.668. The van der Waals surface area contributed by atoms with Crippen molar-refractivity contribution in [1.82, 2.24) is 4.90 Å². The lowest BCUT2D eigenvalue weighted by Crippen LogP contribution is -2.35. The van der Waals surface area contributed by atoms with Crippen LogP contribution in [0, 0.1) is 0 Å². The summed E-state index contributed by atoms with van der Waals surface area (Å²) in [5, 5.41) is 0. The van der Waals surface area contributed by atoms with Crippen molar-refractivity contribution in [2.45, 2.75) is 37.9 Å². The van der Waals surface area contributed by atoms with Crippen LogP contribution in [-0.2, 0) is 16.5 Å². The molecule has 3 rings (SSSR count). The average Bonchev–Trinajstić information content (AvgIpc) is 2.66. The largest absolute Gasteiger partial charge is 0.416 e. The molecule has 1 fully saturated rings. The number of piperidine rings is 1. The molecule has 2 aromatic rings. The van der Waals surface area contributed by atoms with Crippen molar-refractivity contribution in [3.05, 3.63) is 65.2 Å². The van der Waals surface area contributed by atoms with Gasteiger partial charge in [-0.2, -0.15) is 21.6 Å². The molecule has 1 saturated heterocycles. The second-order valence-corrected chi connectivity index (χ2v) is 8.39. The second-order valence-electron chi connectivity index (χ2n) is 7.24. The Balaban J connectivity index is 1.74. The van der Waals surface area contributed by atoms with Gasteiger partial charge in [0.1, 0.15) is 0 Å². The average molecular weight is 428 g/mol. The Morgan fingerprint density at radius 3 is 2.28 bits per heavy atom. The SMILES string of the molecule is CC(c1ccccc1NS(=O)(=O)O)N1CCC(c2ccccc2C(F)(F)F)CC1. The fourth-order valence-electron chi connectivity index (χ4n) is 4.00. The number of nitrogens with zero attached hydrogens (tertiary/aromatic N) is 1. The van der Waals surface area contributed by atoms with E-state index in [4.69, 9.17) is 4.55 Å². The monoisotopic (exact) mass is 428 g/mol. The zero-order valence-electron chi connectivity index (χ0n) is 15.9. The molecule has 0 aliphatic carbocycles. The number of para-hydroxylation sites is 1. The molecule has 9 heteroatoms. The number of alkyl halides is 3. The van der Waals surface area contributed by atoms with Gasteiger partial charge in [0.05, 0.1) is 11.3 Å². The topological polar surface area (TPSA) is 69.6 Å². The van der Waals surface area contributed by atoms with Crippen LogP contribution < -0.4 is 4.72 Å². The Labute approximate surface area is 168 Å². The van der Waals surface area contributed by atoms with E-state index in [2.05, 4.69) is 9.62 Å². The minimum atomic E-state index is -4.40. The third-order valence-corrected chi connectivity index (χ3v) is 5.91. The molecule has 0 radical (unpaired) electrons. The molecule has 1 aliphatic heterocycles. The van der Waals surface area contributed by atoms with Crippen LogP contribution >= 0.6 is 0 Å². The van der Waals surface area contributed by atoms with Gasteiger partial charge in [0.2, 0.25) is 0 Å². The summed E-state index contributed by atoms with van der Waals surface area (Å²) in [6.45, 7) is 3.07. The molecule has 5 nitrogen and oxygen atoms in total. The summed E-state index contributed by atoms with van der Waals surface area (Å²) in [7, 11) is -4.40. The zero-order valence-corrected chi connectivity index (χ0v) is 16.7. The number of halogens is 3.